The van der Waals surface area contributed by atoms with Crippen molar-refractivity contribution in [3.63, 3.8) is 0 Å². The van der Waals surface area contributed by atoms with E-state index in [1.54, 1.807) is 0 Å². The minimum Gasteiger partial charge on any atom is -0.329 e. The molecule has 0 atom stereocenters. The predicted molar refractivity (Wildman–Crippen MR) is 86.1 cm³/mol. The topological polar surface area (TPSA) is 35.7 Å². The highest BCUT2D eigenvalue weighted by molar-refractivity contribution is 4.97. The van der Waals surface area contributed by atoms with Crippen LogP contribution in [0.3, 0.4) is 0 Å². The Bertz CT molecular complexity index is 266. The predicted octanol–water partition coefficient (Wildman–Crippen LogP) is 1.22. The van der Waals surface area contributed by atoms with E-state index < -0.39 is 0 Å². The van der Waals surface area contributed by atoms with Crippen LogP contribution < -0.4 is 5.73 Å². The van der Waals surface area contributed by atoms with E-state index in [0.29, 0.717) is 5.54 Å². The largest absolute Gasteiger partial charge is 0.329 e. The first-order valence-corrected chi connectivity index (χ1v) is 8.64. The van der Waals surface area contributed by atoms with Gasteiger partial charge < -0.3 is 15.5 Å². The van der Waals surface area contributed by atoms with Crippen LogP contribution in [0.2, 0.25) is 0 Å². The first-order chi connectivity index (χ1) is 9.74. The summed E-state index contributed by atoms with van der Waals surface area (Å²) in [5.41, 5.74) is 6.50. The Balaban J connectivity index is 1.86. The Kier molecular flexibility index (Phi) is 6.27. The van der Waals surface area contributed by atoms with Gasteiger partial charge in [-0.2, -0.15) is 0 Å². The summed E-state index contributed by atoms with van der Waals surface area (Å²) < 4.78 is 0. The lowest BCUT2D eigenvalue weighted by atomic mass is 9.85. The molecular formula is C16H34N4. The Morgan fingerprint density at radius 1 is 0.800 bits per heavy atom. The molecule has 2 fully saturated rings. The highest BCUT2D eigenvalue weighted by atomic mass is 15.3. The average molecular weight is 282 g/mol. The van der Waals surface area contributed by atoms with Gasteiger partial charge >= 0.3 is 0 Å². The molecule has 0 amide bonds. The highest BCUT2D eigenvalue weighted by Gasteiger charge is 2.39. The Morgan fingerprint density at radius 3 is 1.75 bits per heavy atom. The molecule has 0 aliphatic carbocycles. The molecule has 2 aliphatic heterocycles. The maximum absolute atomic E-state index is 6.21. The summed E-state index contributed by atoms with van der Waals surface area (Å²) in [6.07, 6.45) is 5.06. The molecule has 0 spiro atoms. The number of nitrogens with two attached hydrogens (primary N) is 1. The fraction of sp³-hybridized carbons (Fsp3) is 1.00. The van der Waals surface area contributed by atoms with Crippen LogP contribution in [0.4, 0.5) is 0 Å². The number of piperidine rings is 1. The monoisotopic (exact) mass is 282 g/mol. The Hall–Kier alpha value is -0.160. The van der Waals surface area contributed by atoms with Gasteiger partial charge in [0.25, 0.3) is 0 Å². The van der Waals surface area contributed by atoms with E-state index >= 15 is 0 Å². The van der Waals surface area contributed by atoms with Crippen molar-refractivity contribution in [2.24, 2.45) is 5.73 Å². The molecule has 4 nitrogen and oxygen atoms in total. The van der Waals surface area contributed by atoms with Gasteiger partial charge in [-0.3, -0.25) is 4.90 Å². The van der Waals surface area contributed by atoms with Crippen LogP contribution in [-0.2, 0) is 0 Å². The SMILES string of the molecule is CCCN1CCN(C2(CN)CCN(CCC)CC2)CC1. The van der Waals surface area contributed by atoms with Gasteiger partial charge in [-0.05, 0) is 51.9 Å². The van der Waals surface area contributed by atoms with E-state index in [2.05, 4.69) is 28.5 Å². The number of hydrogen-bond donors (Lipinski definition) is 1. The molecule has 0 radical (unpaired) electrons. The lowest BCUT2D eigenvalue weighted by Crippen LogP contribution is -2.63. The van der Waals surface area contributed by atoms with Gasteiger partial charge in [0.05, 0.1) is 0 Å². The van der Waals surface area contributed by atoms with Crippen LogP contribution in [0.1, 0.15) is 39.5 Å². The molecule has 0 saturated carbocycles. The van der Waals surface area contributed by atoms with E-state index in [0.717, 1.165) is 6.54 Å². The fourth-order valence-corrected chi connectivity index (χ4v) is 3.92. The second-order valence-corrected chi connectivity index (χ2v) is 6.60. The van der Waals surface area contributed by atoms with Gasteiger partial charge in [0, 0.05) is 38.3 Å². The highest BCUT2D eigenvalue weighted by Crippen LogP contribution is 2.29. The van der Waals surface area contributed by atoms with Crippen molar-refractivity contribution in [1.82, 2.24) is 14.7 Å². The molecule has 118 valence electrons. The average Bonchev–Trinajstić information content (AvgIpc) is 2.50. The van der Waals surface area contributed by atoms with Gasteiger partial charge in [0.15, 0.2) is 0 Å². The lowest BCUT2D eigenvalue weighted by molar-refractivity contribution is -0.00552. The van der Waals surface area contributed by atoms with Crippen molar-refractivity contribution in [2.45, 2.75) is 45.1 Å². The van der Waals surface area contributed by atoms with E-state index in [1.165, 1.54) is 78.0 Å². The summed E-state index contributed by atoms with van der Waals surface area (Å²) in [7, 11) is 0. The first kappa shape index (κ1) is 16.2. The molecule has 20 heavy (non-hydrogen) atoms. The molecule has 4 heteroatoms. The molecule has 0 aromatic heterocycles. The third kappa shape index (κ3) is 3.73. The molecule has 2 heterocycles. The maximum Gasteiger partial charge on any atom is 0.0357 e. The molecule has 2 aliphatic rings. The van der Waals surface area contributed by atoms with Gasteiger partial charge in [0.2, 0.25) is 0 Å². The van der Waals surface area contributed by atoms with E-state index in [9.17, 15) is 0 Å². The lowest BCUT2D eigenvalue weighted by Gasteiger charge is -2.51. The third-order valence-electron chi connectivity index (χ3n) is 5.29. The maximum atomic E-state index is 6.21. The van der Waals surface area contributed by atoms with E-state index in [4.69, 9.17) is 5.73 Å². The van der Waals surface area contributed by atoms with Gasteiger partial charge in [0.1, 0.15) is 0 Å². The Labute approximate surface area is 125 Å². The van der Waals surface area contributed by atoms with Crippen LogP contribution in [0, 0.1) is 0 Å². The standard InChI is InChI=1S/C16H34N4/c1-3-7-18-9-5-16(15-17,6-10-18)20-13-11-19(8-4-2)12-14-20/h3-15,17H2,1-2H3. The Morgan fingerprint density at radius 2 is 1.30 bits per heavy atom. The van der Waals surface area contributed by atoms with Crippen LogP contribution >= 0.6 is 0 Å². The first-order valence-electron chi connectivity index (χ1n) is 8.64. The normalized spacial score (nSPS) is 25.9. The second-order valence-electron chi connectivity index (χ2n) is 6.60. The van der Waals surface area contributed by atoms with E-state index in [-0.39, 0.29) is 0 Å². The van der Waals surface area contributed by atoms with Crippen LogP contribution in [0.15, 0.2) is 0 Å². The number of nitrogens with zero attached hydrogens (tertiary/aromatic N) is 3. The van der Waals surface area contributed by atoms with Crippen LogP contribution in [0.25, 0.3) is 0 Å². The van der Waals surface area contributed by atoms with Crippen molar-refractivity contribution in [1.29, 1.82) is 0 Å². The summed E-state index contributed by atoms with van der Waals surface area (Å²) in [4.78, 5) is 7.93. The zero-order chi connectivity index (χ0) is 14.4. The molecule has 2 rings (SSSR count). The molecular weight excluding hydrogens is 248 g/mol. The number of rotatable bonds is 6. The zero-order valence-corrected chi connectivity index (χ0v) is 13.6. The summed E-state index contributed by atoms with van der Waals surface area (Å²) in [6, 6.07) is 0. The molecule has 2 N–H and O–H groups in total. The van der Waals surface area contributed by atoms with Gasteiger partial charge in [-0.1, -0.05) is 13.8 Å². The van der Waals surface area contributed by atoms with Crippen molar-refractivity contribution in [3.8, 4) is 0 Å². The minimum atomic E-state index is 0.294. The second kappa shape index (κ2) is 7.74. The minimum absolute atomic E-state index is 0.294. The smallest absolute Gasteiger partial charge is 0.0357 e. The van der Waals surface area contributed by atoms with Crippen LogP contribution in [-0.4, -0.2) is 79.1 Å². The van der Waals surface area contributed by atoms with Crippen LogP contribution in [0.5, 0.6) is 0 Å². The third-order valence-corrected chi connectivity index (χ3v) is 5.29. The fourth-order valence-electron chi connectivity index (χ4n) is 3.92. The summed E-state index contributed by atoms with van der Waals surface area (Å²) in [6.45, 7) is 15.3. The number of hydrogen-bond acceptors (Lipinski definition) is 4. The molecule has 0 aromatic carbocycles. The number of likely N-dealkylation sites (tertiary alicyclic amines) is 1. The van der Waals surface area contributed by atoms with Gasteiger partial charge in [-0.15, -0.1) is 0 Å². The van der Waals surface area contributed by atoms with Crippen molar-refractivity contribution < 1.29 is 0 Å². The summed E-state index contributed by atoms with van der Waals surface area (Å²) in [5.74, 6) is 0. The van der Waals surface area contributed by atoms with Crippen molar-refractivity contribution in [2.75, 3.05) is 58.9 Å². The zero-order valence-electron chi connectivity index (χ0n) is 13.6. The molecule has 0 bridgehead atoms. The van der Waals surface area contributed by atoms with E-state index in [1.807, 2.05) is 0 Å². The van der Waals surface area contributed by atoms with Crippen molar-refractivity contribution in [3.05, 3.63) is 0 Å². The summed E-state index contributed by atoms with van der Waals surface area (Å²) >= 11 is 0. The molecule has 0 aromatic rings. The number of piperazine rings is 1. The molecule has 0 unspecified atom stereocenters. The van der Waals surface area contributed by atoms with Crippen molar-refractivity contribution >= 4 is 0 Å². The quantitative estimate of drug-likeness (QED) is 0.794. The molecule has 2 saturated heterocycles. The van der Waals surface area contributed by atoms with Gasteiger partial charge in [-0.25, -0.2) is 0 Å². The summed E-state index contributed by atoms with van der Waals surface area (Å²) in [5, 5.41) is 0.